The van der Waals surface area contributed by atoms with Crippen LogP contribution < -0.4 is 30.1 Å². The van der Waals surface area contributed by atoms with Gasteiger partial charge in [-0.3, -0.25) is 0 Å². The second-order valence-electron chi connectivity index (χ2n) is 11.4. The Bertz CT molecular complexity index is 979. The van der Waals surface area contributed by atoms with Crippen molar-refractivity contribution in [3.63, 3.8) is 0 Å². The van der Waals surface area contributed by atoms with Gasteiger partial charge in [-0.1, -0.05) is 41.5 Å². The quantitative estimate of drug-likeness (QED) is 0.347. The molecule has 0 saturated carbocycles. The molecule has 0 amide bonds. The first-order valence-electron chi connectivity index (χ1n) is 11.9. The molecule has 0 aliphatic rings. The minimum atomic E-state index is -1.87. The van der Waals surface area contributed by atoms with Crippen molar-refractivity contribution in [2.24, 2.45) is 10.8 Å². The average molecular weight is 480 g/mol. The van der Waals surface area contributed by atoms with Crippen LogP contribution in [-0.4, -0.2) is 27.0 Å². The first-order valence-corrected chi connectivity index (χ1v) is 14.1. The van der Waals surface area contributed by atoms with E-state index in [1.165, 1.54) is 15.9 Å². The molecular weight excluding hydrogens is 439 g/mol. The molecule has 3 rings (SSSR count). The Morgan fingerprint density at radius 1 is 0.529 bits per heavy atom. The molecule has 0 N–H and O–H groups in total. The maximum atomic E-state index is 6.03. The van der Waals surface area contributed by atoms with Gasteiger partial charge in [-0.15, -0.1) is 0 Å². The van der Waals surface area contributed by atoms with E-state index in [-0.39, 0.29) is 10.8 Å². The summed E-state index contributed by atoms with van der Waals surface area (Å²) in [5.41, 5.74) is 0.250. The number of methoxy groups -OCH3 is 1. The minimum Gasteiger partial charge on any atom is -0.497 e. The van der Waals surface area contributed by atoms with E-state index in [1.807, 2.05) is 0 Å². The zero-order valence-corrected chi connectivity index (χ0v) is 22.9. The molecule has 0 radical (unpaired) electrons. The molecule has 0 aliphatic heterocycles. The van der Waals surface area contributed by atoms with E-state index in [0.29, 0.717) is 13.2 Å². The van der Waals surface area contributed by atoms with E-state index < -0.39 is 7.26 Å². The number of hydrogen-bond donors (Lipinski definition) is 0. The fraction of sp³-hybridized carbons (Fsp3) is 0.400. The van der Waals surface area contributed by atoms with Crippen molar-refractivity contribution in [3.05, 3.63) is 72.8 Å². The van der Waals surface area contributed by atoms with Crippen LogP contribution in [0.4, 0.5) is 0 Å². The molecule has 0 spiro atoms. The van der Waals surface area contributed by atoms with Crippen LogP contribution in [0.3, 0.4) is 0 Å². The molecule has 182 valence electrons. The van der Waals surface area contributed by atoms with Gasteiger partial charge < -0.3 is 14.2 Å². The standard InChI is InChI=1S/C30H40O3P/c1-29(2,3)21-32-24-11-17-27(18-12-24)34(8,26-15-9-23(31-7)10-16-26)28-19-13-25(14-20-28)33-22-30(4,5)6/h9-20H,21-22H2,1-8H3/q+1. The summed E-state index contributed by atoms with van der Waals surface area (Å²) < 4.78 is 17.5. The summed E-state index contributed by atoms with van der Waals surface area (Å²) in [5, 5.41) is 3.92. The summed E-state index contributed by atoms with van der Waals surface area (Å²) in [6, 6.07) is 25.8. The van der Waals surface area contributed by atoms with E-state index in [9.17, 15) is 0 Å². The Morgan fingerprint density at radius 2 is 0.824 bits per heavy atom. The van der Waals surface area contributed by atoms with Gasteiger partial charge in [0.1, 0.15) is 40.4 Å². The molecule has 3 aromatic carbocycles. The molecule has 0 aliphatic carbocycles. The van der Waals surface area contributed by atoms with Crippen LogP contribution in [0.2, 0.25) is 0 Å². The first kappa shape index (κ1) is 26.1. The topological polar surface area (TPSA) is 27.7 Å². The molecule has 0 fully saturated rings. The van der Waals surface area contributed by atoms with Gasteiger partial charge in [-0.25, -0.2) is 0 Å². The Labute approximate surface area is 206 Å². The first-order chi connectivity index (χ1) is 15.9. The van der Waals surface area contributed by atoms with Crippen molar-refractivity contribution in [3.8, 4) is 17.2 Å². The van der Waals surface area contributed by atoms with Gasteiger partial charge in [0.25, 0.3) is 0 Å². The summed E-state index contributed by atoms with van der Waals surface area (Å²) in [7, 11) is -0.162. The molecule has 34 heavy (non-hydrogen) atoms. The smallest absolute Gasteiger partial charge is 0.119 e. The molecule has 0 unspecified atom stereocenters. The molecule has 0 atom stereocenters. The summed E-state index contributed by atoms with van der Waals surface area (Å²) >= 11 is 0. The lowest BCUT2D eigenvalue weighted by molar-refractivity contribution is 0.198. The second-order valence-corrected chi connectivity index (χ2v) is 15.0. The van der Waals surface area contributed by atoms with Gasteiger partial charge in [-0.05, 0) is 83.6 Å². The van der Waals surface area contributed by atoms with Gasteiger partial charge in [0.2, 0.25) is 0 Å². The minimum absolute atomic E-state index is 0.125. The van der Waals surface area contributed by atoms with Crippen molar-refractivity contribution in [2.45, 2.75) is 41.5 Å². The fourth-order valence-corrected chi connectivity index (χ4v) is 6.74. The van der Waals surface area contributed by atoms with Crippen LogP contribution in [0.25, 0.3) is 0 Å². The van der Waals surface area contributed by atoms with Gasteiger partial charge in [0.05, 0.1) is 27.0 Å². The third kappa shape index (κ3) is 6.76. The largest absolute Gasteiger partial charge is 0.497 e. The normalized spacial score (nSPS) is 12.4. The lowest BCUT2D eigenvalue weighted by Crippen LogP contribution is -2.30. The second kappa shape index (κ2) is 10.4. The van der Waals surface area contributed by atoms with Crippen molar-refractivity contribution >= 4 is 23.2 Å². The van der Waals surface area contributed by atoms with E-state index in [2.05, 4.69) is 121 Å². The highest BCUT2D eigenvalue weighted by Gasteiger charge is 2.40. The number of ether oxygens (including phenoxy) is 3. The summed E-state index contributed by atoms with van der Waals surface area (Å²) in [4.78, 5) is 0. The monoisotopic (exact) mass is 479 g/mol. The third-order valence-corrected chi connectivity index (χ3v) is 9.63. The summed E-state index contributed by atoms with van der Waals surface area (Å²) in [6.45, 7) is 16.9. The van der Waals surface area contributed by atoms with Crippen LogP contribution in [-0.2, 0) is 0 Å². The highest BCUT2D eigenvalue weighted by molar-refractivity contribution is 7.95. The Hall–Kier alpha value is -2.51. The molecule has 0 bridgehead atoms. The van der Waals surface area contributed by atoms with Gasteiger partial charge in [-0.2, -0.15) is 0 Å². The Kier molecular flexibility index (Phi) is 7.98. The van der Waals surface area contributed by atoms with Gasteiger partial charge >= 0.3 is 0 Å². The molecule has 3 nitrogen and oxygen atoms in total. The van der Waals surface area contributed by atoms with Crippen molar-refractivity contribution < 1.29 is 14.2 Å². The molecule has 0 heterocycles. The lowest BCUT2D eigenvalue weighted by Gasteiger charge is -2.24. The summed E-state index contributed by atoms with van der Waals surface area (Å²) in [6.07, 6.45) is 0. The molecule has 0 aromatic heterocycles. The Morgan fingerprint density at radius 3 is 1.09 bits per heavy atom. The van der Waals surface area contributed by atoms with Gasteiger partial charge in [0, 0.05) is 0 Å². The zero-order chi connectivity index (χ0) is 25.0. The molecule has 4 heteroatoms. The molecule has 0 saturated heterocycles. The van der Waals surface area contributed by atoms with Crippen LogP contribution in [0.5, 0.6) is 17.2 Å². The van der Waals surface area contributed by atoms with Crippen molar-refractivity contribution in [1.82, 2.24) is 0 Å². The van der Waals surface area contributed by atoms with E-state index in [0.717, 1.165) is 17.2 Å². The van der Waals surface area contributed by atoms with Crippen molar-refractivity contribution in [1.29, 1.82) is 0 Å². The molecule has 3 aromatic rings. The predicted octanol–water partition coefficient (Wildman–Crippen LogP) is 6.47. The summed E-state index contributed by atoms with van der Waals surface area (Å²) in [5.74, 6) is 2.68. The Balaban J connectivity index is 1.96. The number of hydrogen-bond acceptors (Lipinski definition) is 3. The van der Waals surface area contributed by atoms with Crippen LogP contribution >= 0.6 is 7.26 Å². The molecular formula is C30H40O3P+. The van der Waals surface area contributed by atoms with E-state index in [1.54, 1.807) is 7.11 Å². The third-order valence-electron chi connectivity index (χ3n) is 5.64. The maximum absolute atomic E-state index is 6.03. The SMILES string of the molecule is COc1ccc([P+](C)(c2ccc(OCC(C)(C)C)cc2)c2ccc(OCC(C)(C)C)cc2)cc1. The van der Waals surface area contributed by atoms with Gasteiger partial charge in [0.15, 0.2) is 0 Å². The fourth-order valence-electron chi connectivity index (χ4n) is 3.61. The lowest BCUT2D eigenvalue weighted by atomic mass is 9.99. The van der Waals surface area contributed by atoms with Crippen LogP contribution in [0, 0.1) is 10.8 Å². The maximum Gasteiger partial charge on any atom is 0.119 e. The zero-order valence-electron chi connectivity index (χ0n) is 22.0. The number of benzene rings is 3. The van der Waals surface area contributed by atoms with Crippen LogP contribution in [0.15, 0.2) is 72.8 Å². The van der Waals surface area contributed by atoms with Crippen molar-refractivity contribution in [2.75, 3.05) is 27.0 Å². The average Bonchev–Trinajstić information content (AvgIpc) is 2.81. The highest BCUT2D eigenvalue weighted by atomic mass is 31.2. The number of rotatable bonds is 8. The predicted molar refractivity (Wildman–Crippen MR) is 148 cm³/mol. The highest BCUT2D eigenvalue weighted by Crippen LogP contribution is 2.52. The van der Waals surface area contributed by atoms with E-state index >= 15 is 0 Å². The van der Waals surface area contributed by atoms with E-state index in [4.69, 9.17) is 14.2 Å². The van der Waals surface area contributed by atoms with Crippen LogP contribution in [0.1, 0.15) is 41.5 Å².